The van der Waals surface area contributed by atoms with Gasteiger partial charge in [0.2, 0.25) is 0 Å². The van der Waals surface area contributed by atoms with Crippen molar-refractivity contribution in [3.05, 3.63) is 59.2 Å². The Kier molecular flexibility index (Phi) is 4.24. The molecule has 2 aromatic carbocycles. The van der Waals surface area contributed by atoms with Crippen LogP contribution in [0, 0.1) is 5.92 Å². The smallest absolute Gasteiger partial charge is 0.0220 e. The van der Waals surface area contributed by atoms with E-state index in [0.29, 0.717) is 5.41 Å². The van der Waals surface area contributed by atoms with Gasteiger partial charge in [0.05, 0.1) is 0 Å². The van der Waals surface area contributed by atoms with Crippen LogP contribution in [0.3, 0.4) is 0 Å². The number of unbranched alkanes of at least 4 members (excludes halogenated alkanes) is 1. The molecule has 2 aromatic rings. The fourth-order valence-electron chi connectivity index (χ4n) is 5.46. The van der Waals surface area contributed by atoms with Gasteiger partial charge in [0.1, 0.15) is 0 Å². The highest BCUT2D eigenvalue weighted by Crippen LogP contribution is 2.57. The summed E-state index contributed by atoms with van der Waals surface area (Å²) in [6.45, 7) is 4.72. The van der Waals surface area contributed by atoms with Gasteiger partial charge in [-0.1, -0.05) is 82.0 Å². The predicted molar refractivity (Wildman–Crippen MR) is 104 cm³/mol. The number of hydrogen-bond donors (Lipinski definition) is 0. The van der Waals surface area contributed by atoms with Crippen LogP contribution in [0.1, 0.15) is 75.5 Å². The molecule has 0 heteroatoms. The predicted octanol–water partition coefficient (Wildman–Crippen LogP) is 6.90. The van der Waals surface area contributed by atoms with Gasteiger partial charge in [-0.25, -0.2) is 0 Å². The molecular weight excluding hydrogens is 288 g/mol. The summed E-state index contributed by atoms with van der Waals surface area (Å²) >= 11 is 0. The van der Waals surface area contributed by atoms with Crippen LogP contribution in [0.4, 0.5) is 0 Å². The minimum atomic E-state index is 0.301. The van der Waals surface area contributed by atoms with Gasteiger partial charge in [-0.15, -0.1) is 0 Å². The van der Waals surface area contributed by atoms with Crippen LogP contribution in [-0.2, 0) is 11.8 Å². The van der Waals surface area contributed by atoms with E-state index in [-0.39, 0.29) is 0 Å². The van der Waals surface area contributed by atoms with Crippen molar-refractivity contribution < 1.29 is 0 Å². The monoisotopic (exact) mass is 318 g/mol. The van der Waals surface area contributed by atoms with E-state index in [2.05, 4.69) is 56.3 Å². The summed E-state index contributed by atoms with van der Waals surface area (Å²) in [5.74, 6) is 0.857. The van der Waals surface area contributed by atoms with E-state index >= 15 is 0 Å². The van der Waals surface area contributed by atoms with Crippen LogP contribution in [0.25, 0.3) is 11.1 Å². The highest BCUT2D eigenvalue weighted by atomic mass is 14.5. The topological polar surface area (TPSA) is 0 Å². The van der Waals surface area contributed by atoms with Crippen LogP contribution in [0.15, 0.2) is 42.5 Å². The van der Waals surface area contributed by atoms with Crippen molar-refractivity contribution in [3.63, 3.8) is 0 Å². The number of rotatable bonds is 6. The third-order valence-electron chi connectivity index (χ3n) is 6.59. The van der Waals surface area contributed by atoms with Crippen molar-refractivity contribution in [2.45, 2.75) is 70.6 Å². The maximum Gasteiger partial charge on any atom is 0.0220 e. The second kappa shape index (κ2) is 6.39. The summed E-state index contributed by atoms with van der Waals surface area (Å²) in [6.07, 6.45) is 10.7. The summed E-state index contributed by atoms with van der Waals surface area (Å²) in [5.41, 5.74) is 8.30. The lowest BCUT2D eigenvalue weighted by atomic mass is 9.64. The van der Waals surface area contributed by atoms with Crippen molar-refractivity contribution in [2.75, 3.05) is 0 Å². The van der Waals surface area contributed by atoms with Crippen molar-refractivity contribution in [1.82, 2.24) is 0 Å². The van der Waals surface area contributed by atoms with Crippen LogP contribution in [0.5, 0.6) is 0 Å². The van der Waals surface area contributed by atoms with E-state index < -0.39 is 0 Å². The van der Waals surface area contributed by atoms with Crippen LogP contribution >= 0.6 is 0 Å². The van der Waals surface area contributed by atoms with Crippen molar-refractivity contribution >= 4 is 0 Å². The summed E-state index contributed by atoms with van der Waals surface area (Å²) in [7, 11) is 0. The molecule has 2 aliphatic rings. The van der Waals surface area contributed by atoms with Crippen LogP contribution in [-0.4, -0.2) is 0 Å². The van der Waals surface area contributed by atoms with E-state index in [9.17, 15) is 0 Å². The summed E-state index contributed by atoms with van der Waals surface area (Å²) < 4.78 is 0. The zero-order valence-electron chi connectivity index (χ0n) is 15.3. The molecule has 0 heterocycles. The van der Waals surface area contributed by atoms with Gasteiger partial charge in [0, 0.05) is 5.41 Å². The first-order valence-electron chi connectivity index (χ1n) is 10.0. The molecule has 0 bridgehead atoms. The van der Waals surface area contributed by atoms with Gasteiger partial charge in [-0.2, -0.15) is 0 Å². The second-order valence-electron chi connectivity index (χ2n) is 7.94. The standard InChI is InChI=1S/C24H30/c1-3-5-10-18(4-2)17-24-16-9-12-19-11-8-14-21(23(19)24)20-13-6-7-15-22(20)24/h6-8,11,13-15,18H,3-5,9-10,12,16-17H2,1-2H3. The minimum absolute atomic E-state index is 0.301. The van der Waals surface area contributed by atoms with Crippen molar-refractivity contribution in [2.24, 2.45) is 5.92 Å². The van der Waals surface area contributed by atoms with E-state index in [0.717, 1.165) is 5.92 Å². The summed E-state index contributed by atoms with van der Waals surface area (Å²) in [5, 5.41) is 0. The SMILES string of the molecule is CCCCC(CC)CC12CCCc3cccc(c31)-c1ccccc12. The first-order valence-corrected chi connectivity index (χ1v) is 10.0. The summed E-state index contributed by atoms with van der Waals surface area (Å²) in [6, 6.07) is 16.3. The molecule has 0 aromatic heterocycles. The Hall–Kier alpha value is -1.56. The quantitative estimate of drug-likeness (QED) is 0.543. The Balaban J connectivity index is 1.84. The molecule has 2 aliphatic carbocycles. The molecule has 126 valence electrons. The molecule has 0 saturated heterocycles. The van der Waals surface area contributed by atoms with Crippen molar-refractivity contribution in [3.8, 4) is 11.1 Å². The molecule has 0 nitrogen and oxygen atoms in total. The van der Waals surface area contributed by atoms with Gasteiger partial charge >= 0.3 is 0 Å². The maximum atomic E-state index is 2.43. The lowest BCUT2D eigenvalue weighted by molar-refractivity contribution is 0.303. The average Bonchev–Trinajstić information content (AvgIpc) is 2.92. The fourth-order valence-corrected chi connectivity index (χ4v) is 5.46. The van der Waals surface area contributed by atoms with E-state index in [1.54, 1.807) is 16.7 Å². The maximum absolute atomic E-state index is 2.43. The minimum Gasteiger partial charge on any atom is -0.0654 e. The molecular formula is C24H30. The number of aryl methyl sites for hydroxylation is 1. The molecule has 4 rings (SSSR count). The zero-order valence-corrected chi connectivity index (χ0v) is 15.3. The number of hydrogen-bond acceptors (Lipinski definition) is 0. The van der Waals surface area contributed by atoms with Gasteiger partial charge in [-0.3, -0.25) is 0 Å². The second-order valence-corrected chi connectivity index (χ2v) is 7.94. The Morgan fingerprint density at radius 3 is 2.67 bits per heavy atom. The van der Waals surface area contributed by atoms with Crippen LogP contribution in [0.2, 0.25) is 0 Å². The van der Waals surface area contributed by atoms with Gasteiger partial charge in [-0.05, 0) is 59.4 Å². The molecule has 2 atom stereocenters. The first-order chi connectivity index (χ1) is 11.8. The Bertz CT molecular complexity index is 727. The highest BCUT2D eigenvalue weighted by molar-refractivity contribution is 5.82. The Morgan fingerprint density at radius 1 is 1.00 bits per heavy atom. The molecule has 0 aliphatic heterocycles. The molecule has 0 fully saturated rings. The largest absolute Gasteiger partial charge is 0.0654 e. The van der Waals surface area contributed by atoms with Crippen molar-refractivity contribution in [1.29, 1.82) is 0 Å². The molecule has 0 amide bonds. The molecule has 0 radical (unpaired) electrons. The Labute approximate surface area is 147 Å². The third-order valence-corrected chi connectivity index (χ3v) is 6.59. The molecule has 0 N–H and O–H groups in total. The van der Waals surface area contributed by atoms with Gasteiger partial charge < -0.3 is 0 Å². The number of fused-ring (bicyclic) bond motifs is 3. The average molecular weight is 319 g/mol. The van der Waals surface area contributed by atoms with Gasteiger partial charge in [0.25, 0.3) is 0 Å². The molecule has 2 unspecified atom stereocenters. The number of benzene rings is 2. The molecule has 24 heavy (non-hydrogen) atoms. The zero-order chi connectivity index (χ0) is 16.6. The normalized spacial score (nSPS) is 22.1. The highest BCUT2D eigenvalue weighted by Gasteiger charge is 2.46. The van der Waals surface area contributed by atoms with E-state index in [4.69, 9.17) is 0 Å². The van der Waals surface area contributed by atoms with Crippen LogP contribution < -0.4 is 0 Å². The summed E-state index contributed by atoms with van der Waals surface area (Å²) in [4.78, 5) is 0. The lowest BCUT2D eigenvalue weighted by Gasteiger charge is -2.39. The van der Waals surface area contributed by atoms with E-state index in [1.165, 1.54) is 62.5 Å². The molecule has 0 spiro atoms. The third kappa shape index (κ3) is 2.34. The van der Waals surface area contributed by atoms with Gasteiger partial charge in [0.15, 0.2) is 0 Å². The Morgan fingerprint density at radius 2 is 1.83 bits per heavy atom. The fraction of sp³-hybridized carbons (Fsp3) is 0.500. The first kappa shape index (κ1) is 15.9. The lowest BCUT2D eigenvalue weighted by Crippen LogP contribution is -2.32. The van der Waals surface area contributed by atoms with E-state index in [1.807, 2.05) is 0 Å². The molecule has 0 saturated carbocycles.